The minimum absolute atomic E-state index is 0.224. The fourth-order valence-electron chi connectivity index (χ4n) is 2.64. The molecule has 2 aromatic heterocycles. The first-order valence-electron chi connectivity index (χ1n) is 7.96. The van der Waals surface area contributed by atoms with Crippen molar-refractivity contribution in [2.45, 2.75) is 20.4 Å². The molecule has 0 aliphatic heterocycles. The van der Waals surface area contributed by atoms with E-state index < -0.39 is 0 Å². The maximum atomic E-state index is 12.6. The van der Waals surface area contributed by atoms with Gasteiger partial charge in [-0.1, -0.05) is 32.1 Å². The number of para-hydroxylation sites is 2. The van der Waals surface area contributed by atoms with E-state index in [1.165, 1.54) is 0 Å². The third-order valence-electron chi connectivity index (χ3n) is 3.80. The first kappa shape index (κ1) is 16.0. The lowest BCUT2D eigenvalue weighted by atomic mass is 10.2. The third kappa shape index (κ3) is 2.71. The van der Waals surface area contributed by atoms with E-state index in [1.807, 2.05) is 38.1 Å². The Morgan fingerprint density at radius 2 is 2.00 bits per heavy atom. The number of aromatic nitrogens is 3. The first-order chi connectivity index (χ1) is 11.5. The quantitative estimate of drug-likeness (QED) is 0.707. The van der Waals surface area contributed by atoms with E-state index in [-0.39, 0.29) is 5.91 Å². The van der Waals surface area contributed by atoms with Crippen LogP contribution in [-0.4, -0.2) is 27.0 Å². The highest BCUT2D eigenvalue weighted by molar-refractivity contribution is 6.10. The second kappa shape index (κ2) is 6.31. The topological polar surface area (TPSA) is 85.8 Å². The SMILES string of the molecule is C=CCn1c(N)c(C(=O)NCC(C)C)c2nc3ccccc3nc21. The molecule has 0 unspecified atom stereocenters. The fraction of sp³-hybridized carbons (Fsp3) is 0.278. The predicted molar refractivity (Wildman–Crippen MR) is 96.8 cm³/mol. The summed E-state index contributed by atoms with van der Waals surface area (Å²) in [5.74, 6) is 0.490. The van der Waals surface area contributed by atoms with Crippen molar-refractivity contribution in [3.8, 4) is 0 Å². The van der Waals surface area contributed by atoms with Crippen LogP contribution in [0.5, 0.6) is 0 Å². The minimum Gasteiger partial charge on any atom is -0.384 e. The number of hydrogen-bond acceptors (Lipinski definition) is 4. The number of hydrogen-bond donors (Lipinski definition) is 2. The number of benzene rings is 1. The summed E-state index contributed by atoms with van der Waals surface area (Å²) in [4.78, 5) is 21.9. The summed E-state index contributed by atoms with van der Waals surface area (Å²) in [6.07, 6.45) is 1.72. The number of nitrogens with zero attached hydrogens (tertiary/aromatic N) is 3. The zero-order chi connectivity index (χ0) is 17.3. The average Bonchev–Trinajstić information content (AvgIpc) is 2.82. The standard InChI is InChI=1S/C18H21N5O/c1-4-9-23-16(19)14(18(24)20-10-11(2)3)15-17(23)22-13-8-6-5-7-12(13)21-15/h4-8,11H,1,9-10,19H2,2-3H3,(H,20,24). The predicted octanol–water partition coefficient (Wildman–Crippen LogP) is 2.74. The van der Waals surface area contributed by atoms with E-state index in [0.29, 0.717) is 41.6 Å². The number of allylic oxidation sites excluding steroid dienone is 1. The van der Waals surface area contributed by atoms with E-state index in [4.69, 9.17) is 5.73 Å². The molecule has 6 nitrogen and oxygen atoms in total. The molecule has 3 rings (SSSR count). The molecule has 0 radical (unpaired) electrons. The molecule has 0 aliphatic rings. The van der Waals surface area contributed by atoms with Crippen LogP contribution in [0.1, 0.15) is 24.2 Å². The van der Waals surface area contributed by atoms with E-state index in [9.17, 15) is 4.79 Å². The van der Waals surface area contributed by atoms with Crippen molar-refractivity contribution in [1.29, 1.82) is 0 Å². The van der Waals surface area contributed by atoms with Crippen LogP contribution in [0, 0.1) is 5.92 Å². The van der Waals surface area contributed by atoms with Gasteiger partial charge in [0.05, 0.1) is 11.0 Å². The van der Waals surface area contributed by atoms with Crippen LogP contribution in [0.3, 0.4) is 0 Å². The van der Waals surface area contributed by atoms with Crippen molar-refractivity contribution in [2.24, 2.45) is 5.92 Å². The molecular weight excluding hydrogens is 302 g/mol. The number of rotatable bonds is 5. The van der Waals surface area contributed by atoms with Crippen molar-refractivity contribution >= 4 is 33.9 Å². The molecule has 24 heavy (non-hydrogen) atoms. The highest BCUT2D eigenvalue weighted by Crippen LogP contribution is 2.27. The van der Waals surface area contributed by atoms with Gasteiger partial charge in [0.15, 0.2) is 5.65 Å². The van der Waals surface area contributed by atoms with Gasteiger partial charge in [0.1, 0.15) is 16.9 Å². The number of carbonyl (C=O) groups excluding carboxylic acids is 1. The second-order valence-electron chi connectivity index (χ2n) is 6.15. The Bertz CT molecular complexity index is 926. The van der Waals surface area contributed by atoms with Crippen LogP contribution in [0.15, 0.2) is 36.9 Å². The number of nitrogen functional groups attached to an aromatic ring is 1. The highest BCUT2D eigenvalue weighted by Gasteiger charge is 2.23. The number of anilines is 1. The summed E-state index contributed by atoms with van der Waals surface area (Å²) in [6, 6.07) is 7.56. The fourth-order valence-corrected chi connectivity index (χ4v) is 2.64. The number of carbonyl (C=O) groups is 1. The van der Waals surface area contributed by atoms with Gasteiger partial charge >= 0.3 is 0 Å². The average molecular weight is 323 g/mol. The Morgan fingerprint density at radius 3 is 2.62 bits per heavy atom. The molecule has 0 spiro atoms. The van der Waals surface area contributed by atoms with Crippen LogP contribution in [0.25, 0.3) is 22.2 Å². The molecule has 3 aromatic rings. The molecule has 0 bridgehead atoms. The number of nitrogens with two attached hydrogens (primary N) is 1. The van der Waals surface area contributed by atoms with E-state index >= 15 is 0 Å². The number of amides is 1. The summed E-state index contributed by atoms with van der Waals surface area (Å²) in [5.41, 5.74) is 9.25. The Hall–Kier alpha value is -2.89. The Kier molecular flexibility index (Phi) is 4.20. The lowest BCUT2D eigenvalue weighted by molar-refractivity contribution is 0.0951. The molecule has 2 heterocycles. The normalized spacial score (nSPS) is 11.3. The molecule has 0 saturated carbocycles. The molecule has 0 atom stereocenters. The van der Waals surface area contributed by atoms with Crippen LogP contribution in [-0.2, 0) is 6.54 Å². The van der Waals surface area contributed by atoms with Gasteiger partial charge in [-0.3, -0.25) is 4.79 Å². The summed E-state index contributed by atoms with van der Waals surface area (Å²) in [7, 11) is 0. The molecule has 3 N–H and O–H groups in total. The summed E-state index contributed by atoms with van der Waals surface area (Å²) in [6.45, 7) is 8.88. The largest absolute Gasteiger partial charge is 0.384 e. The minimum atomic E-state index is -0.224. The van der Waals surface area contributed by atoms with E-state index in [1.54, 1.807) is 10.6 Å². The van der Waals surface area contributed by atoms with E-state index in [0.717, 1.165) is 11.0 Å². The van der Waals surface area contributed by atoms with Crippen molar-refractivity contribution < 1.29 is 4.79 Å². The zero-order valence-electron chi connectivity index (χ0n) is 13.9. The smallest absolute Gasteiger partial charge is 0.257 e. The van der Waals surface area contributed by atoms with Gasteiger partial charge in [-0.15, -0.1) is 6.58 Å². The monoisotopic (exact) mass is 323 g/mol. The second-order valence-corrected chi connectivity index (χ2v) is 6.15. The molecule has 0 saturated heterocycles. The Labute approximate surface area is 140 Å². The van der Waals surface area contributed by atoms with Crippen LogP contribution >= 0.6 is 0 Å². The van der Waals surface area contributed by atoms with Gasteiger partial charge in [-0.05, 0) is 18.1 Å². The molecule has 0 fully saturated rings. The van der Waals surface area contributed by atoms with Crippen LogP contribution in [0.2, 0.25) is 0 Å². The van der Waals surface area contributed by atoms with Crippen LogP contribution in [0.4, 0.5) is 5.82 Å². The van der Waals surface area contributed by atoms with Gasteiger partial charge in [0.2, 0.25) is 0 Å². The van der Waals surface area contributed by atoms with Crippen molar-refractivity contribution in [3.63, 3.8) is 0 Å². The Balaban J connectivity index is 2.23. The van der Waals surface area contributed by atoms with Gasteiger partial charge in [-0.2, -0.15) is 0 Å². The molecule has 0 aliphatic carbocycles. The molecule has 1 aromatic carbocycles. The van der Waals surface area contributed by atoms with Gasteiger partial charge in [0.25, 0.3) is 5.91 Å². The number of nitrogens with one attached hydrogen (secondary N) is 1. The van der Waals surface area contributed by atoms with Gasteiger partial charge < -0.3 is 15.6 Å². The summed E-state index contributed by atoms with van der Waals surface area (Å²) in [5, 5.41) is 2.91. The summed E-state index contributed by atoms with van der Waals surface area (Å²) < 4.78 is 1.77. The highest BCUT2D eigenvalue weighted by atomic mass is 16.1. The number of fused-ring (bicyclic) bond motifs is 2. The molecule has 124 valence electrons. The van der Waals surface area contributed by atoms with Crippen LogP contribution < -0.4 is 11.1 Å². The summed E-state index contributed by atoms with van der Waals surface area (Å²) >= 11 is 0. The van der Waals surface area contributed by atoms with E-state index in [2.05, 4.69) is 21.9 Å². The molecule has 6 heteroatoms. The van der Waals surface area contributed by atoms with Gasteiger partial charge in [0, 0.05) is 13.1 Å². The first-order valence-corrected chi connectivity index (χ1v) is 7.96. The zero-order valence-corrected chi connectivity index (χ0v) is 13.9. The van der Waals surface area contributed by atoms with Crippen molar-refractivity contribution in [1.82, 2.24) is 19.9 Å². The van der Waals surface area contributed by atoms with Crippen molar-refractivity contribution in [2.75, 3.05) is 12.3 Å². The van der Waals surface area contributed by atoms with Gasteiger partial charge in [-0.25, -0.2) is 9.97 Å². The lowest BCUT2D eigenvalue weighted by Gasteiger charge is -2.08. The maximum Gasteiger partial charge on any atom is 0.257 e. The maximum absolute atomic E-state index is 12.6. The molecular formula is C18H21N5O. The lowest BCUT2D eigenvalue weighted by Crippen LogP contribution is -2.28. The van der Waals surface area contributed by atoms with Crippen molar-refractivity contribution in [3.05, 3.63) is 42.5 Å². The molecule has 1 amide bonds. The third-order valence-corrected chi connectivity index (χ3v) is 3.80. The Morgan fingerprint density at radius 1 is 1.33 bits per heavy atom.